The van der Waals surface area contributed by atoms with Gasteiger partial charge in [-0.2, -0.15) is 0 Å². The summed E-state index contributed by atoms with van der Waals surface area (Å²) in [5.41, 5.74) is 2.79. The summed E-state index contributed by atoms with van der Waals surface area (Å²) in [5.74, 6) is -0.158. The van der Waals surface area contributed by atoms with Gasteiger partial charge in [0.25, 0.3) is 5.91 Å². The van der Waals surface area contributed by atoms with E-state index in [1.807, 2.05) is 37.3 Å². The number of thioether (sulfide) groups is 1. The molecule has 1 N–H and O–H groups in total. The third kappa shape index (κ3) is 3.96. The van der Waals surface area contributed by atoms with Gasteiger partial charge in [0.15, 0.2) is 5.17 Å². The molecule has 116 valence electrons. The van der Waals surface area contributed by atoms with E-state index in [1.165, 1.54) is 17.3 Å². The van der Waals surface area contributed by atoms with Crippen LogP contribution in [0.1, 0.15) is 11.1 Å². The Labute approximate surface area is 148 Å². The second-order valence-electron chi connectivity index (χ2n) is 4.99. The summed E-state index contributed by atoms with van der Waals surface area (Å²) in [6.45, 7) is 2.02. The van der Waals surface area contributed by atoms with Gasteiger partial charge in [-0.1, -0.05) is 53.0 Å². The van der Waals surface area contributed by atoms with Gasteiger partial charge in [-0.05, 0) is 48.5 Å². The van der Waals surface area contributed by atoms with Crippen molar-refractivity contribution in [3.8, 4) is 0 Å². The molecule has 0 bridgehead atoms. The maximum absolute atomic E-state index is 12.0. The fraction of sp³-hybridized carbons (Fsp3) is 0.0588. The molecule has 1 saturated heterocycles. The number of hydrogen-bond donors (Lipinski definition) is 1. The summed E-state index contributed by atoms with van der Waals surface area (Å²) in [7, 11) is 0. The minimum absolute atomic E-state index is 0.158. The summed E-state index contributed by atoms with van der Waals surface area (Å²) in [4.78, 5) is 17.0. The minimum Gasteiger partial charge on any atom is -0.300 e. The molecule has 0 unspecified atom stereocenters. The van der Waals surface area contributed by atoms with Crippen LogP contribution >= 0.6 is 35.0 Å². The average molecular weight is 363 g/mol. The zero-order valence-corrected chi connectivity index (χ0v) is 14.5. The van der Waals surface area contributed by atoms with E-state index in [4.69, 9.17) is 23.2 Å². The number of amidine groups is 1. The van der Waals surface area contributed by atoms with E-state index in [0.29, 0.717) is 25.8 Å². The van der Waals surface area contributed by atoms with Crippen molar-refractivity contribution < 1.29 is 4.79 Å². The second-order valence-corrected chi connectivity index (χ2v) is 6.84. The molecule has 0 aliphatic carbocycles. The van der Waals surface area contributed by atoms with Crippen LogP contribution in [0.3, 0.4) is 0 Å². The molecule has 2 aromatic rings. The molecule has 6 heteroatoms. The number of carbonyl (C=O) groups is 1. The third-order valence-electron chi connectivity index (χ3n) is 3.16. The molecular formula is C17H12Cl2N2OS. The Bertz CT molecular complexity index is 829. The van der Waals surface area contributed by atoms with Crippen molar-refractivity contribution in [2.75, 3.05) is 0 Å². The summed E-state index contributed by atoms with van der Waals surface area (Å²) in [5, 5.41) is 4.17. The number of rotatable bonds is 2. The Balaban J connectivity index is 1.82. The zero-order valence-electron chi connectivity index (χ0n) is 12.1. The molecule has 23 heavy (non-hydrogen) atoms. The number of nitrogens with one attached hydrogen (secondary N) is 1. The topological polar surface area (TPSA) is 41.5 Å². The number of hydrogen-bond acceptors (Lipinski definition) is 3. The van der Waals surface area contributed by atoms with Gasteiger partial charge in [0, 0.05) is 0 Å². The van der Waals surface area contributed by atoms with Crippen molar-refractivity contribution >= 4 is 57.8 Å². The molecule has 0 spiro atoms. The first-order valence-corrected chi connectivity index (χ1v) is 8.40. The monoisotopic (exact) mass is 362 g/mol. The van der Waals surface area contributed by atoms with Crippen molar-refractivity contribution in [1.29, 1.82) is 0 Å². The summed E-state index contributed by atoms with van der Waals surface area (Å²) >= 11 is 13.1. The normalized spacial score (nSPS) is 17.8. The van der Waals surface area contributed by atoms with Crippen LogP contribution in [-0.4, -0.2) is 11.1 Å². The zero-order chi connectivity index (χ0) is 16.4. The van der Waals surface area contributed by atoms with Gasteiger partial charge < -0.3 is 5.32 Å². The largest absolute Gasteiger partial charge is 0.300 e. The Morgan fingerprint density at radius 2 is 1.83 bits per heavy atom. The smallest absolute Gasteiger partial charge is 0.264 e. The van der Waals surface area contributed by atoms with Crippen LogP contribution in [-0.2, 0) is 4.79 Å². The van der Waals surface area contributed by atoms with Crippen LogP contribution < -0.4 is 5.32 Å². The second kappa shape index (κ2) is 6.79. The number of halogens is 2. The highest BCUT2D eigenvalue weighted by molar-refractivity contribution is 8.18. The van der Waals surface area contributed by atoms with Crippen molar-refractivity contribution in [3.63, 3.8) is 0 Å². The number of aryl methyl sites for hydroxylation is 1. The minimum atomic E-state index is -0.158. The third-order valence-corrected chi connectivity index (χ3v) is 4.81. The fourth-order valence-electron chi connectivity index (χ4n) is 1.97. The average Bonchev–Trinajstić information content (AvgIpc) is 2.85. The van der Waals surface area contributed by atoms with E-state index in [-0.39, 0.29) is 5.91 Å². The highest BCUT2D eigenvalue weighted by Gasteiger charge is 2.23. The lowest BCUT2D eigenvalue weighted by Gasteiger charge is -1.99. The van der Waals surface area contributed by atoms with Crippen molar-refractivity contribution in [2.45, 2.75) is 6.92 Å². The van der Waals surface area contributed by atoms with Gasteiger partial charge in [0.2, 0.25) is 0 Å². The van der Waals surface area contributed by atoms with Crippen molar-refractivity contribution in [3.05, 3.63) is 68.5 Å². The Kier molecular flexibility index (Phi) is 4.76. The molecule has 3 rings (SSSR count). The van der Waals surface area contributed by atoms with E-state index in [9.17, 15) is 4.79 Å². The standard InChI is InChI=1S/C17H12Cl2N2OS/c1-10-2-4-11(5-3-10)8-15-16(22)21-17(23-15)20-12-6-7-13(18)14(19)9-12/h2-9H,1H3,(H,20,21,22)/b15-8+. The molecule has 0 aromatic heterocycles. The van der Waals surface area contributed by atoms with Crippen LogP contribution in [0.5, 0.6) is 0 Å². The van der Waals surface area contributed by atoms with Gasteiger partial charge in [0.05, 0.1) is 20.6 Å². The number of aliphatic imine (C=N–C) groups is 1. The fourth-order valence-corrected chi connectivity index (χ4v) is 3.10. The van der Waals surface area contributed by atoms with Crippen molar-refractivity contribution in [1.82, 2.24) is 5.32 Å². The van der Waals surface area contributed by atoms with Gasteiger partial charge in [-0.3, -0.25) is 4.79 Å². The van der Waals surface area contributed by atoms with Gasteiger partial charge in [0.1, 0.15) is 0 Å². The lowest BCUT2D eigenvalue weighted by atomic mass is 10.1. The molecule has 2 aromatic carbocycles. The summed E-state index contributed by atoms with van der Waals surface area (Å²) in [6.07, 6.45) is 1.84. The molecule has 0 saturated carbocycles. The van der Waals surface area contributed by atoms with E-state index >= 15 is 0 Å². The van der Waals surface area contributed by atoms with Crippen LogP contribution in [0.4, 0.5) is 5.69 Å². The molecule has 1 fully saturated rings. The molecule has 1 aliphatic rings. The Morgan fingerprint density at radius 1 is 1.09 bits per heavy atom. The quantitative estimate of drug-likeness (QED) is 0.746. The number of nitrogens with zero attached hydrogens (tertiary/aromatic N) is 1. The van der Waals surface area contributed by atoms with E-state index in [2.05, 4.69) is 10.3 Å². The lowest BCUT2D eigenvalue weighted by Crippen LogP contribution is -2.19. The molecule has 1 heterocycles. The first kappa shape index (κ1) is 16.1. The molecule has 0 atom stereocenters. The number of amides is 1. The Hall–Kier alpha value is -1.75. The van der Waals surface area contributed by atoms with Gasteiger partial charge >= 0.3 is 0 Å². The highest BCUT2D eigenvalue weighted by atomic mass is 35.5. The predicted octanol–water partition coefficient (Wildman–Crippen LogP) is 5.19. The summed E-state index contributed by atoms with van der Waals surface area (Å²) < 4.78 is 0. The van der Waals surface area contributed by atoms with Gasteiger partial charge in [-0.25, -0.2) is 4.99 Å². The molecule has 1 aliphatic heterocycles. The first-order chi connectivity index (χ1) is 11.0. The van der Waals surface area contributed by atoms with Crippen molar-refractivity contribution in [2.24, 2.45) is 4.99 Å². The Morgan fingerprint density at radius 3 is 2.52 bits per heavy atom. The number of benzene rings is 2. The predicted molar refractivity (Wildman–Crippen MR) is 98.4 cm³/mol. The lowest BCUT2D eigenvalue weighted by molar-refractivity contribution is -0.115. The molecule has 1 amide bonds. The first-order valence-electron chi connectivity index (χ1n) is 6.82. The van der Waals surface area contributed by atoms with Gasteiger partial charge in [-0.15, -0.1) is 0 Å². The van der Waals surface area contributed by atoms with E-state index in [1.54, 1.807) is 18.2 Å². The maximum atomic E-state index is 12.0. The van der Waals surface area contributed by atoms with Crippen LogP contribution in [0.25, 0.3) is 6.08 Å². The van der Waals surface area contributed by atoms with E-state index < -0.39 is 0 Å². The SMILES string of the molecule is Cc1ccc(/C=C2/SC(=Nc3ccc(Cl)c(Cl)c3)NC2=O)cc1. The molecule has 3 nitrogen and oxygen atoms in total. The molecule has 0 radical (unpaired) electrons. The van der Waals surface area contributed by atoms with Crippen LogP contribution in [0.2, 0.25) is 10.0 Å². The molecular weight excluding hydrogens is 351 g/mol. The number of carbonyl (C=O) groups excluding carboxylic acids is 1. The van der Waals surface area contributed by atoms with Crippen LogP contribution in [0, 0.1) is 6.92 Å². The van der Waals surface area contributed by atoms with E-state index in [0.717, 1.165) is 5.56 Å². The summed E-state index contributed by atoms with van der Waals surface area (Å²) in [6, 6.07) is 13.0. The van der Waals surface area contributed by atoms with Crippen LogP contribution in [0.15, 0.2) is 52.4 Å². The maximum Gasteiger partial charge on any atom is 0.264 e. The highest BCUT2D eigenvalue weighted by Crippen LogP contribution is 2.30.